The van der Waals surface area contributed by atoms with Gasteiger partial charge in [0, 0.05) is 14.1 Å². The zero-order chi connectivity index (χ0) is 7.70. The molecule has 5 nitrogen and oxygen atoms in total. The second-order valence-corrected chi connectivity index (χ2v) is 0.912. The second-order valence-electron chi connectivity index (χ2n) is 0.912. The number of hydrogen-bond acceptors (Lipinski definition) is 3. The van der Waals surface area contributed by atoms with E-state index in [0.29, 0.717) is 0 Å². The Hall–Kier alpha value is -1.35. The van der Waals surface area contributed by atoms with Gasteiger partial charge >= 0.3 is 12.2 Å². The molecule has 0 radical (unpaired) electrons. The standard InChI is InChI=1S/C3H8N2O.CO2/c1-4-3(6)5-2;2-1-3/h1-2H3,(H2,4,5,6);. The van der Waals surface area contributed by atoms with Crippen LogP contribution >= 0.6 is 0 Å². The number of hydrogen-bond donors (Lipinski definition) is 2. The number of rotatable bonds is 0. The van der Waals surface area contributed by atoms with E-state index >= 15 is 0 Å². The molecule has 0 aliphatic carbocycles. The Bertz CT molecular complexity index is 100. The first-order valence-corrected chi connectivity index (χ1v) is 2.11. The third-order valence-corrected chi connectivity index (χ3v) is 0.454. The van der Waals surface area contributed by atoms with Crippen LogP contribution in [0.5, 0.6) is 0 Å². The summed E-state index contributed by atoms with van der Waals surface area (Å²) in [5, 5.41) is 4.73. The number of amides is 2. The van der Waals surface area contributed by atoms with Crippen LogP contribution in [0.2, 0.25) is 0 Å². The Morgan fingerprint density at radius 2 is 1.44 bits per heavy atom. The molecule has 0 unspecified atom stereocenters. The van der Waals surface area contributed by atoms with Crippen LogP contribution in [0.3, 0.4) is 0 Å². The highest BCUT2D eigenvalue weighted by Gasteiger charge is 1.81. The molecule has 0 spiro atoms. The molecular weight excluding hydrogens is 124 g/mol. The summed E-state index contributed by atoms with van der Waals surface area (Å²) < 4.78 is 0. The first-order valence-electron chi connectivity index (χ1n) is 2.11. The third-order valence-electron chi connectivity index (χ3n) is 0.454. The van der Waals surface area contributed by atoms with Gasteiger partial charge in [-0.3, -0.25) is 0 Å². The maximum absolute atomic E-state index is 9.96. The minimum Gasteiger partial charge on any atom is -0.341 e. The van der Waals surface area contributed by atoms with Crippen molar-refractivity contribution in [2.75, 3.05) is 14.1 Å². The van der Waals surface area contributed by atoms with Crippen molar-refractivity contribution < 1.29 is 14.4 Å². The van der Waals surface area contributed by atoms with Gasteiger partial charge in [0.1, 0.15) is 0 Å². The number of nitrogens with one attached hydrogen (secondary N) is 2. The fourth-order valence-electron chi connectivity index (χ4n) is 0.125. The van der Waals surface area contributed by atoms with Gasteiger partial charge in [-0.25, -0.2) is 4.79 Å². The van der Waals surface area contributed by atoms with Gasteiger partial charge in [0.2, 0.25) is 0 Å². The van der Waals surface area contributed by atoms with Crippen LogP contribution in [0.4, 0.5) is 4.79 Å². The smallest absolute Gasteiger partial charge is 0.341 e. The van der Waals surface area contributed by atoms with Crippen molar-refractivity contribution in [3.63, 3.8) is 0 Å². The van der Waals surface area contributed by atoms with Crippen LogP contribution in [-0.2, 0) is 9.59 Å². The van der Waals surface area contributed by atoms with Gasteiger partial charge < -0.3 is 10.6 Å². The lowest BCUT2D eigenvalue weighted by Crippen LogP contribution is -2.28. The van der Waals surface area contributed by atoms with Crippen LogP contribution < -0.4 is 10.6 Å². The van der Waals surface area contributed by atoms with E-state index in [1.165, 1.54) is 0 Å². The molecule has 0 fully saturated rings. The average molecular weight is 132 g/mol. The van der Waals surface area contributed by atoms with Crippen LogP contribution in [0.1, 0.15) is 0 Å². The van der Waals surface area contributed by atoms with E-state index in [1.807, 2.05) is 0 Å². The number of carbonyl (C=O) groups excluding carboxylic acids is 3. The Labute approximate surface area is 52.4 Å². The summed E-state index contributed by atoms with van der Waals surface area (Å²) in [6.07, 6.45) is 0.250. The molecule has 5 heteroatoms. The molecule has 52 valence electrons. The van der Waals surface area contributed by atoms with Crippen molar-refractivity contribution in [3.05, 3.63) is 0 Å². The third kappa shape index (κ3) is 20.5. The lowest BCUT2D eigenvalue weighted by atomic mass is 11.0. The van der Waals surface area contributed by atoms with E-state index in [0.717, 1.165) is 0 Å². The highest BCUT2D eigenvalue weighted by Crippen LogP contribution is 1.48. The van der Waals surface area contributed by atoms with Gasteiger partial charge in [-0.1, -0.05) is 0 Å². The molecule has 0 atom stereocenters. The molecule has 0 rings (SSSR count). The quantitative estimate of drug-likeness (QED) is 0.442. The fourth-order valence-corrected chi connectivity index (χ4v) is 0.125. The molecule has 2 N–H and O–H groups in total. The van der Waals surface area contributed by atoms with Crippen molar-refractivity contribution >= 4 is 12.2 Å². The van der Waals surface area contributed by atoms with Crippen LogP contribution in [0, 0.1) is 0 Å². The van der Waals surface area contributed by atoms with Crippen LogP contribution in [-0.4, -0.2) is 26.3 Å². The minimum atomic E-state index is -0.157. The topological polar surface area (TPSA) is 75.3 Å². The van der Waals surface area contributed by atoms with Gasteiger partial charge in [0.05, 0.1) is 0 Å². The molecule has 0 bridgehead atoms. The Morgan fingerprint density at radius 1 is 1.22 bits per heavy atom. The molecule has 0 saturated heterocycles. The highest BCUT2D eigenvalue weighted by atomic mass is 16.2. The molecule has 0 aromatic carbocycles. The van der Waals surface area contributed by atoms with E-state index in [9.17, 15) is 4.79 Å². The number of urea groups is 1. The van der Waals surface area contributed by atoms with Crippen molar-refractivity contribution in [3.8, 4) is 0 Å². The lowest BCUT2D eigenvalue weighted by molar-refractivity contribution is -0.191. The predicted octanol–water partition coefficient (Wildman–Crippen LogP) is -1.04. The van der Waals surface area contributed by atoms with Crippen molar-refractivity contribution in [2.45, 2.75) is 0 Å². The zero-order valence-electron chi connectivity index (χ0n) is 5.22. The molecule has 9 heavy (non-hydrogen) atoms. The Kier molecular flexibility index (Phi) is 11.6. The molecule has 0 aromatic heterocycles. The summed E-state index contributed by atoms with van der Waals surface area (Å²) in [4.78, 5) is 26.2. The fraction of sp³-hybridized carbons (Fsp3) is 0.500. The van der Waals surface area contributed by atoms with Crippen LogP contribution in [0.15, 0.2) is 0 Å². The maximum Gasteiger partial charge on any atom is 0.373 e. The predicted molar refractivity (Wildman–Crippen MR) is 28.5 cm³/mol. The van der Waals surface area contributed by atoms with E-state index in [4.69, 9.17) is 9.59 Å². The zero-order valence-corrected chi connectivity index (χ0v) is 5.22. The van der Waals surface area contributed by atoms with Crippen molar-refractivity contribution in [1.82, 2.24) is 10.6 Å². The minimum absolute atomic E-state index is 0.157. The van der Waals surface area contributed by atoms with Gasteiger partial charge in [-0.2, -0.15) is 9.59 Å². The normalized spacial score (nSPS) is 5.56. The molecule has 0 heterocycles. The van der Waals surface area contributed by atoms with E-state index in [-0.39, 0.29) is 12.2 Å². The number of carbonyl (C=O) groups is 1. The van der Waals surface area contributed by atoms with Crippen molar-refractivity contribution in [2.24, 2.45) is 0 Å². The van der Waals surface area contributed by atoms with Crippen molar-refractivity contribution in [1.29, 1.82) is 0 Å². The monoisotopic (exact) mass is 132 g/mol. The van der Waals surface area contributed by atoms with E-state index in [1.54, 1.807) is 14.1 Å². The van der Waals surface area contributed by atoms with Gasteiger partial charge in [-0.05, 0) is 0 Å². The molecule has 2 amide bonds. The summed E-state index contributed by atoms with van der Waals surface area (Å²) in [6.45, 7) is 0. The lowest BCUT2D eigenvalue weighted by Gasteiger charge is -1.91. The maximum atomic E-state index is 9.96. The van der Waals surface area contributed by atoms with Gasteiger partial charge in [0.25, 0.3) is 0 Å². The SMILES string of the molecule is CNC(=O)NC.O=C=O. The first kappa shape index (κ1) is 10.6. The molecule has 0 aromatic rings. The molecule has 0 aliphatic heterocycles. The van der Waals surface area contributed by atoms with Gasteiger partial charge in [0.15, 0.2) is 0 Å². The first-order chi connectivity index (χ1) is 4.22. The second kappa shape index (κ2) is 9.82. The average Bonchev–Trinajstić information content (AvgIpc) is 1.88. The van der Waals surface area contributed by atoms with E-state index in [2.05, 4.69) is 10.6 Å². The largest absolute Gasteiger partial charge is 0.373 e. The highest BCUT2D eigenvalue weighted by molar-refractivity contribution is 5.72. The Balaban J connectivity index is 0. The summed E-state index contributed by atoms with van der Waals surface area (Å²) >= 11 is 0. The summed E-state index contributed by atoms with van der Waals surface area (Å²) in [5.41, 5.74) is 0. The summed E-state index contributed by atoms with van der Waals surface area (Å²) in [6, 6.07) is -0.157. The molecule has 0 saturated carbocycles. The molecular formula is C4H8N2O3. The van der Waals surface area contributed by atoms with Gasteiger partial charge in [-0.15, -0.1) is 0 Å². The van der Waals surface area contributed by atoms with Crippen LogP contribution in [0.25, 0.3) is 0 Å². The summed E-state index contributed by atoms with van der Waals surface area (Å²) in [5.74, 6) is 0. The van der Waals surface area contributed by atoms with E-state index < -0.39 is 0 Å². The molecule has 0 aliphatic rings. The Morgan fingerprint density at radius 3 is 1.44 bits per heavy atom. The summed E-state index contributed by atoms with van der Waals surface area (Å²) in [7, 11) is 3.14.